The number of benzene rings is 5. The smallest absolute Gasteiger partial charge is 0.174 e. The summed E-state index contributed by atoms with van der Waals surface area (Å²) >= 11 is 27.3. The minimum absolute atomic E-state index is 0.244. The van der Waals surface area contributed by atoms with Crippen molar-refractivity contribution in [3.05, 3.63) is 66.6 Å². The van der Waals surface area contributed by atoms with Gasteiger partial charge in [-0.25, -0.2) is 0 Å². The van der Waals surface area contributed by atoms with E-state index in [0.29, 0.717) is 65.3 Å². The second-order valence-corrected chi connectivity index (χ2v) is 11.2. The van der Waals surface area contributed by atoms with E-state index in [0.717, 1.165) is 0 Å². The van der Waals surface area contributed by atoms with Crippen molar-refractivity contribution in [3.63, 3.8) is 0 Å². The number of hydrogen-bond acceptors (Lipinski definition) is 4. The van der Waals surface area contributed by atoms with Gasteiger partial charge in [0.2, 0.25) is 0 Å². The van der Waals surface area contributed by atoms with Crippen LogP contribution >= 0.6 is 46.4 Å². The molecule has 176 valence electrons. The third kappa shape index (κ3) is 2.39. The van der Waals surface area contributed by atoms with Crippen LogP contribution in [-0.4, -0.2) is 23.1 Å². The van der Waals surface area contributed by atoms with E-state index in [1.807, 2.05) is 0 Å². The average Bonchev–Trinajstić information content (AvgIpc) is 2.84. The molecule has 0 radical (unpaired) electrons. The van der Waals surface area contributed by atoms with Gasteiger partial charge < -0.3 is 0 Å². The molecule has 0 saturated heterocycles. The summed E-state index contributed by atoms with van der Waals surface area (Å²) in [5.41, 5.74) is 1.33. The van der Waals surface area contributed by atoms with Crippen LogP contribution in [0.2, 0.25) is 20.1 Å². The van der Waals surface area contributed by atoms with E-state index in [2.05, 4.69) is 0 Å². The summed E-state index contributed by atoms with van der Waals surface area (Å²) in [6.07, 6.45) is 0. The Morgan fingerprint density at radius 1 is 0.417 bits per heavy atom. The molecule has 0 N–H and O–H groups in total. The van der Waals surface area contributed by atoms with E-state index in [-0.39, 0.29) is 43.2 Å². The minimum Gasteiger partial charge on any atom is -0.293 e. The largest absolute Gasteiger partial charge is 0.293 e. The molecule has 2 aliphatic rings. The summed E-state index contributed by atoms with van der Waals surface area (Å²) in [4.78, 5) is 52.6. The predicted octanol–water partition coefficient (Wildman–Crippen LogP) is 8.38. The number of carbonyl (C=O) groups excluding carboxylic acids is 4. The van der Waals surface area contributed by atoms with E-state index in [1.165, 1.54) is 0 Å². The maximum absolute atomic E-state index is 13.1. The normalized spacial score (nSPS) is 16.6. The van der Waals surface area contributed by atoms with Crippen LogP contribution in [-0.2, 0) is 0 Å². The van der Waals surface area contributed by atoms with Crippen LogP contribution in [0.3, 0.4) is 0 Å². The Bertz CT molecular complexity index is 1710. The van der Waals surface area contributed by atoms with Gasteiger partial charge in [-0.05, 0) is 38.1 Å². The number of halogens is 4. The molecule has 5 aromatic rings. The van der Waals surface area contributed by atoms with Gasteiger partial charge in [0.05, 0.1) is 11.8 Å². The molecule has 0 spiro atoms. The van der Waals surface area contributed by atoms with Crippen LogP contribution in [0, 0.1) is 11.8 Å². The van der Waals surface area contributed by atoms with Crippen molar-refractivity contribution >= 4 is 113 Å². The summed E-state index contributed by atoms with van der Waals surface area (Å²) in [6.45, 7) is 3.13. The molecule has 0 amide bonds. The van der Waals surface area contributed by atoms with Crippen molar-refractivity contribution in [2.24, 2.45) is 11.8 Å². The first-order valence-corrected chi connectivity index (χ1v) is 12.7. The van der Waals surface area contributed by atoms with E-state index < -0.39 is 11.8 Å². The Hall–Kier alpha value is -2.76. The lowest BCUT2D eigenvalue weighted by atomic mass is 9.75. The molecule has 0 aliphatic heterocycles. The summed E-state index contributed by atoms with van der Waals surface area (Å²) in [6, 6.07) is 6.23. The molecule has 0 fully saturated rings. The molecule has 4 nitrogen and oxygen atoms in total. The number of fused-ring (bicyclic) bond motifs is 2. The van der Waals surface area contributed by atoms with Crippen LogP contribution < -0.4 is 0 Å². The monoisotopic (exact) mass is 552 g/mol. The molecular weight excluding hydrogens is 542 g/mol. The lowest BCUT2D eigenvalue weighted by Gasteiger charge is -2.27. The first-order chi connectivity index (χ1) is 17.0. The van der Waals surface area contributed by atoms with Crippen LogP contribution in [0.4, 0.5) is 0 Å². The molecule has 0 bridgehead atoms. The second-order valence-electron chi connectivity index (χ2n) is 9.52. The summed E-state index contributed by atoms with van der Waals surface area (Å²) in [5, 5.41) is 4.84. The third-order valence-electron chi connectivity index (χ3n) is 7.75. The van der Waals surface area contributed by atoms with Crippen LogP contribution in [0.15, 0.2) is 24.3 Å². The quantitative estimate of drug-likeness (QED) is 0.110. The maximum atomic E-state index is 13.1. The van der Waals surface area contributed by atoms with Gasteiger partial charge in [-0.15, -0.1) is 0 Å². The Morgan fingerprint density at radius 3 is 0.861 bits per heavy atom. The van der Waals surface area contributed by atoms with Gasteiger partial charge >= 0.3 is 0 Å². The average molecular weight is 554 g/mol. The SMILES string of the molecule is CC1C(=O)c2cc(Cl)c3c4c(Cl)cc5c6c(cc(Cl)c(c7c(Cl)cc(c2c37)C1=O)c64)C(=O)C(C)C5=O. The zero-order valence-electron chi connectivity index (χ0n) is 18.6. The van der Waals surface area contributed by atoms with E-state index in [9.17, 15) is 19.2 Å². The zero-order chi connectivity index (χ0) is 25.5. The fourth-order valence-corrected chi connectivity index (χ4v) is 7.26. The fourth-order valence-electron chi connectivity index (χ4n) is 6.07. The van der Waals surface area contributed by atoms with Gasteiger partial charge in [-0.1, -0.05) is 46.4 Å². The van der Waals surface area contributed by atoms with Gasteiger partial charge in [0, 0.05) is 85.4 Å². The van der Waals surface area contributed by atoms with Crippen LogP contribution in [0.25, 0.3) is 43.1 Å². The highest BCUT2D eigenvalue weighted by Crippen LogP contribution is 2.54. The third-order valence-corrected chi connectivity index (χ3v) is 8.94. The molecule has 2 aliphatic carbocycles. The fraction of sp³-hybridized carbons (Fsp3) is 0.143. The standard InChI is InChI=1S/C28H12Cl4O4/c1-7-25(33)9-3-13(29)19-21-15(31)5-11-18-12(28(36)8(2)27(11)35)6-16(32)22(24(18)21)20-14(30)4-10(26(7)34)17(9)23(19)20/h3-8H,1-2H3. The molecule has 36 heavy (non-hydrogen) atoms. The molecular formula is C28H12Cl4O4. The predicted molar refractivity (Wildman–Crippen MR) is 143 cm³/mol. The Kier molecular flexibility index (Phi) is 4.34. The van der Waals surface area contributed by atoms with Crippen molar-refractivity contribution in [3.8, 4) is 0 Å². The Labute approximate surface area is 223 Å². The van der Waals surface area contributed by atoms with Gasteiger partial charge in [0.1, 0.15) is 0 Å². The topological polar surface area (TPSA) is 68.3 Å². The molecule has 8 heteroatoms. The molecule has 0 heterocycles. The summed E-state index contributed by atoms with van der Waals surface area (Å²) in [7, 11) is 0. The van der Waals surface area contributed by atoms with Crippen LogP contribution in [0.1, 0.15) is 55.3 Å². The summed E-state index contributed by atoms with van der Waals surface area (Å²) < 4.78 is 0. The van der Waals surface area contributed by atoms with Gasteiger partial charge in [0.15, 0.2) is 23.1 Å². The highest BCUT2D eigenvalue weighted by molar-refractivity contribution is 6.56. The highest BCUT2D eigenvalue weighted by Gasteiger charge is 2.39. The second kappa shape index (κ2) is 6.96. The first-order valence-electron chi connectivity index (χ1n) is 11.2. The van der Waals surface area contributed by atoms with E-state index >= 15 is 0 Å². The van der Waals surface area contributed by atoms with E-state index in [1.54, 1.807) is 38.1 Å². The Morgan fingerprint density at radius 2 is 0.639 bits per heavy atom. The Balaban J connectivity index is 1.89. The van der Waals surface area contributed by atoms with Crippen molar-refractivity contribution in [2.75, 3.05) is 0 Å². The number of rotatable bonds is 0. The first kappa shape index (κ1) is 22.4. The maximum Gasteiger partial charge on any atom is 0.174 e. The number of carbonyl (C=O) groups is 4. The van der Waals surface area contributed by atoms with Crippen molar-refractivity contribution in [1.29, 1.82) is 0 Å². The van der Waals surface area contributed by atoms with Crippen molar-refractivity contribution < 1.29 is 19.2 Å². The minimum atomic E-state index is -0.864. The highest BCUT2D eigenvalue weighted by atomic mass is 35.5. The number of ketones is 4. The lowest BCUT2D eigenvalue weighted by molar-refractivity contribution is 0.0801. The van der Waals surface area contributed by atoms with Crippen LogP contribution in [0.5, 0.6) is 0 Å². The molecule has 0 aromatic heterocycles. The van der Waals surface area contributed by atoms with Gasteiger partial charge in [-0.2, -0.15) is 0 Å². The molecule has 0 unspecified atom stereocenters. The number of Topliss-reactive ketones (excluding diaryl/α,β-unsaturated/α-hetero) is 4. The van der Waals surface area contributed by atoms with Crippen molar-refractivity contribution in [1.82, 2.24) is 0 Å². The zero-order valence-corrected chi connectivity index (χ0v) is 21.6. The molecule has 5 aromatic carbocycles. The van der Waals surface area contributed by atoms with Gasteiger partial charge in [0.25, 0.3) is 0 Å². The molecule has 0 saturated carbocycles. The number of hydrogen-bond donors (Lipinski definition) is 0. The molecule has 7 rings (SSSR count). The summed E-state index contributed by atoms with van der Waals surface area (Å²) in [5.74, 6) is -3.03. The van der Waals surface area contributed by atoms with Crippen molar-refractivity contribution in [2.45, 2.75) is 13.8 Å². The lowest BCUT2D eigenvalue weighted by Crippen LogP contribution is -2.27. The van der Waals surface area contributed by atoms with Gasteiger partial charge in [-0.3, -0.25) is 19.2 Å². The van der Waals surface area contributed by atoms with E-state index in [4.69, 9.17) is 46.4 Å². The molecule has 0 atom stereocenters.